The Morgan fingerprint density at radius 3 is 1.46 bits per heavy atom. The minimum atomic E-state index is 0. The molecule has 0 fully saturated rings. The summed E-state index contributed by atoms with van der Waals surface area (Å²) in [5, 5.41) is 7.52. The van der Waals surface area contributed by atoms with E-state index in [-0.39, 0.29) is 17.1 Å². The van der Waals surface area contributed by atoms with E-state index in [9.17, 15) is 0 Å². The number of hydrogen-bond donors (Lipinski definition) is 2. The van der Waals surface area contributed by atoms with Gasteiger partial charge >= 0.3 is 0 Å². The smallest absolute Gasteiger partial charge is 0.0543 e. The molecule has 0 bridgehead atoms. The van der Waals surface area contributed by atoms with Gasteiger partial charge in [-0.1, -0.05) is 70.2 Å². The van der Waals surface area contributed by atoms with E-state index in [0.29, 0.717) is 0 Å². The molecule has 2 aromatic carbocycles. The number of aromatic nitrogens is 1. The number of nitrogens with one attached hydrogen (secondary N) is 2. The molecule has 2 N–H and O–H groups in total. The number of anilines is 2. The fraction of sp³-hybridized carbons (Fsp3) is 0.433. The van der Waals surface area contributed by atoms with Crippen LogP contribution in [-0.4, -0.2) is 36.1 Å². The Balaban J connectivity index is 0.00000432. The molecule has 0 atom stereocenters. The van der Waals surface area contributed by atoms with Crippen LogP contribution in [0.1, 0.15) is 55.6 Å². The first kappa shape index (κ1) is 28.9. The van der Waals surface area contributed by atoms with Crippen LogP contribution in [0.15, 0.2) is 60.8 Å². The van der Waals surface area contributed by atoms with Crippen molar-refractivity contribution in [1.29, 1.82) is 0 Å². The summed E-state index contributed by atoms with van der Waals surface area (Å²) in [6.45, 7) is 13.6. The molecule has 0 aliphatic heterocycles. The van der Waals surface area contributed by atoms with Crippen LogP contribution in [-0.2, 0) is 49.3 Å². The van der Waals surface area contributed by atoms with Crippen LogP contribution in [0.4, 0.5) is 11.4 Å². The zero-order valence-corrected chi connectivity index (χ0v) is 23.1. The predicted octanol–water partition coefficient (Wildman–Crippen LogP) is 6.35. The van der Waals surface area contributed by atoms with Gasteiger partial charge in [-0.15, -0.1) is 0 Å². The van der Waals surface area contributed by atoms with Gasteiger partial charge in [0.1, 0.15) is 0 Å². The third kappa shape index (κ3) is 8.38. The number of aryl methyl sites for hydroxylation is 4. The maximum Gasteiger partial charge on any atom is 0.0543 e. The number of nitrogens with zero attached hydrogens (tertiary/aromatic N) is 2. The molecule has 0 aliphatic carbocycles. The molecule has 35 heavy (non-hydrogen) atoms. The Morgan fingerprint density at radius 1 is 0.629 bits per heavy atom. The van der Waals surface area contributed by atoms with Crippen molar-refractivity contribution in [3.05, 3.63) is 88.7 Å². The summed E-state index contributed by atoms with van der Waals surface area (Å²) in [5.74, 6) is 0. The molecule has 0 aliphatic rings. The molecule has 0 unspecified atom stereocenters. The van der Waals surface area contributed by atoms with E-state index in [1.54, 1.807) is 0 Å². The van der Waals surface area contributed by atoms with Crippen LogP contribution in [0.5, 0.6) is 0 Å². The largest absolute Gasteiger partial charge is 0.383 e. The number of pyridine rings is 1. The van der Waals surface area contributed by atoms with Crippen molar-refractivity contribution in [1.82, 2.24) is 9.88 Å². The molecule has 189 valence electrons. The normalized spacial score (nSPS) is 10.8. The molecule has 0 spiro atoms. The third-order valence-electron chi connectivity index (χ3n) is 6.57. The molecule has 0 saturated carbocycles. The fourth-order valence-electron chi connectivity index (χ4n) is 4.61. The summed E-state index contributed by atoms with van der Waals surface area (Å²) in [7, 11) is 0. The van der Waals surface area contributed by atoms with Gasteiger partial charge in [-0.05, 0) is 60.1 Å². The number of hydrogen-bond acceptors (Lipinski definition) is 4. The molecule has 1 heterocycles. The van der Waals surface area contributed by atoms with Gasteiger partial charge < -0.3 is 10.6 Å². The van der Waals surface area contributed by atoms with Crippen molar-refractivity contribution in [2.45, 2.75) is 59.9 Å². The second kappa shape index (κ2) is 15.6. The summed E-state index contributed by atoms with van der Waals surface area (Å²) in [5.41, 5.74) is 9.39. The number of para-hydroxylation sites is 2. The zero-order valence-electron chi connectivity index (χ0n) is 21.9. The van der Waals surface area contributed by atoms with Crippen LogP contribution in [0.25, 0.3) is 0 Å². The zero-order chi connectivity index (χ0) is 24.2. The molecular formula is C30H42MnN4. The second-order valence-corrected chi connectivity index (χ2v) is 8.77. The first-order chi connectivity index (χ1) is 16.7. The Kier molecular flexibility index (Phi) is 12.9. The van der Waals surface area contributed by atoms with Gasteiger partial charge in [0.05, 0.1) is 5.69 Å². The van der Waals surface area contributed by atoms with Gasteiger partial charge in [0, 0.05) is 67.4 Å². The number of rotatable bonds is 14. The first-order valence-corrected chi connectivity index (χ1v) is 13.0. The van der Waals surface area contributed by atoms with Crippen molar-refractivity contribution in [2.75, 3.05) is 36.8 Å². The average molecular weight is 514 g/mol. The minimum absolute atomic E-state index is 0. The van der Waals surface area contributed by atoms with Crippen molar-refractivity contribution in [3.63, 3.8) is 0 Å². The van der Waals surface area contributed by atoms with Crippen LogP contribution < -0.4 is 10.6 Å². The van der Waals surface area contributed by atoms with Crippen molar-refractivity contribution >= 4 is 11.4 Å². The van der Waals surface area contributed by atoms with Crippen LogP contribution in [0.3, 0.4) is 0 Å². The maximum atomic E-state index is 4.58. The molecule has 4 nitrogen and oxygen atoms in total. The maximum absolute atomic E-state index is 4.58. The first-order valence-electron chi connectivity index (χ1n) is 13.0. The monoisotopic (exact) mass is 513 g/mol. The van der Waals surface area contributed by atoms with Crippen molar-refractivity contribution in [2.24, 2.45) is 0 Å². The second-order valence-electron chi connectivity index (χ2n) is 8.77. The van der Waals surface area contributed by atoms with Crippen LogP contribution >= 0.6 is 0 Å². The molecule has 5 heteroatoms. The predicted molar refractivity (Wildman–Crippen MR) is 147 cm³/mol. The van der Waals surface area contributed by atoms with Gasteiger partial charge in [-0.25, -0.2) is 0 Å². The van der Waals surface area contributed by atoms with Gasteiger partial charge in [0.25, 0.3) is 0 Å². The van der Waals surface area contributed by atoms with Gasteiger partial charge in [0.15, 0.2) is 0 Å². The van der Waals surface area contributed by atoms with E-state index in [2.05, 4.69) is 96.7 Å². The van der Waals surface area contributed by atoms with E-state index in [4.69, 9.17) is 0 Å². The average Bonchev–Trinajstić information content (AvgIpc) is 2.89. The van der Waals surface area contributed by atoms with E-state index in [1.165, 1.54) is 33.6 Å². The molecule has 1 radical (unpaired) electrons. The number of benzene rings is 2. The summed E-state index contributed by atoms with van der Waals surface area (Å²) in [6, 6.07) is 19.5. The van der Waals surface area contributed by atoms with E-state index >= 15 is 0 Å². The third-order valence-corrected chi connectivity index (χ3v) is 6.57. The van der Waals surface area contributed by atoms with E-state index in [1.807, 2.05) is 12.3 Å². The minimum Gasteiger partial charge on any atom is -0.383 e. The molecule has 3 rings (SSSR count). The summed E-state index contributed by atoms with van der Waals surface area (Å²) >= 11 is 0. The Labute approximate surface area is 223 Å². The van der Waals surface area contributed by atoms with E-state index < -0.39 is 0 Å². The Bertz CT molecular complexity index is 900. The Hall–Kier alpha value is -2.33. The summed E-state index contributed by atoms with van der Waals surface area (Å²) in [6.07, 6.45) is 6.09. The molecule has 3 aromatic rings. The molecule has 1 aromatic heterocycles. The fourth-order valence-corrected chi connectivity index (χ4v) is 4.61. The standard InChI is InChI=1S/C30H42N4.Mn/c1-5-24-13-11-14-25(6-2)29(24)32-19-21-34(23-28-17-9-10-18-31-28)22-20-33-30-26(7-3)15-12-16-27(30)8-4;/h9-18,32-33H,5-8,19-23H2,1-4H3;. The quantitative estimate of drug-likeness (QED) is 0.246. The van der Waals surface area contributed by atoms with Crippen molar-refractivity contribution in [3.8, 4) is 0 Å². The van der Waals surface area contributed by atoms with Crippen LogP contribution in [0, 0.1) is 0 Å². The van der Waals surface area contributed by atoms with Crippen LogP contribution in [0.2, 0.25) is 0 Å². The summed E-state index contributed by atoms with van der Waals surface area (Å²) in [4.78, 5) is 7.08. The summed E-state index contributed by atoms with van der Waals surface area (Å²) < 4.78 is 0. The SMILES string of the molecule is CCc1cccc(CC)c1NCCN(CCNc1c(CC)cccc1CC)Cc1ccccn1.[Mn]. The van der Waals surface area contributed by atoms with Gasteiger partial charge in [-0.3, -0.25) is 9.88 Å². The molecular weight excluding hydrogens is 471 g/mol. The Morgan fingerprint density at radius 2 is 1.09 bits per heavy atom. The molecule has 0 saturated heterocycles. The van der Waals surface area contributed by atoms with Gasteiger partial charge in [0.2, 0.25) is 0 Å². The molecule has 0 amide bonds. The van der Waals surface area contributed by atoms with Crippen molar-refractivity contribution < 1.29 is 17.1 Å². The van der Waals surface area contributed by atoms with Gasteiger partial charge in [-0.2, -0.15) is 0 Å². The van der Waals surface area contributed by atoms with E-state index in [0.717, 1.165) is 64.1 Å². The topological polar surface area (TPSA) is 40.2 Å².